The third-order valence-corrected chi connectivity index (χ3v) is 3.92. The van der Waals surface area contributed by atoms with E-state index in [2.05, 4.69) is 0 Å². The van der Waals surface area contributed by atoms with Gasteiger partial charge in [-0.2, -0.15) is 0 Å². The summed E-state index contributed by atoms with van der Waals surface area (Å²) in [5, 5.41) is 11.8. The Kier molecular flexibility index (Phi) is 4.48. The number of hydrogen-bond acceptors (Lipinski definition) is 4. The summed E-state index contributed by atoms with van der Waals surface area (Å²) >= 11 is 0. The summed E-state index contributed by atoms with van der Waals surface area (Å²) in [7, 11) is 3.58. The second-order valence-electron chi connectivity index (χ2n) is 5.46. The van der Waals surface area contributed by atoms with Crippen molar-refractivity contribution in [1.82, 2.24) is 4.57 Å². The molecule has 0 saturated carbocycles. The van der Waals surface area contributed by atoms with Gasteiger partial charge in [-0.25, -0.2) is 0 Å². The number of hydrogen-bond donors (Lipinski definition) is 0. The molecule has 0 aliphatic heterocycles. The molecule has 3 rings (SSSR count). The molecule has 6 heteroatoms. The molecule has 24 heavy (non-hydrogen) atoms. The lowest BCUT2D eigenvalue weighted by Crippen LogP contribution is -2.04. The van der Waals surface area contributed by atoms with Crippen LogP contribution in [0.25, 0.3) is 22.2 Å². The Hall–Kier alpha value is -2.86. The Morgan fingerprint density at radius 3 is 2.71 bits per heavy atom. The van der Waals surface area contributed by atoms with Crippen molar-refractivity contribution in [3.8, 4) is 17.0 Å². The number of benzene rings is 2. The molecule has 6 nitrogen and oxygen atoms in total. The number of nitro groups is 1. The number of rotatable bonds is 6. The maximum Gasteiger partial charge on any atom is 0.270 e. The molecule has 0 radical (unpaired) electrons. The summed E-state index contributed by atoms with van der Waals surface area (Å²) < 4.78 is 12.7. The van der Waals surface area contributed by atoms with Gasteiger partial charge in [0.2, 0.25) is 0 Å². The molecular formula is C18H18N2O4. The van der Waals surface area contributed by atoms with Crippen LogP contribution in [0, 0.1) is 10.1 Å². The number of methoxy groups -OCH3 is 1. The van der Waals surface area contributed by atoms with Gasteiger partial charge in [0, 0.05) is 48.5 Å². The first-order chi connectivity index (χ1) is 11.6. The topological polar surface area (TPSA) is 66.5 Å². The molecule has 0 N–H and O–H groups in total. The third kappa shape index (κ3) is 3.09. The molecule has 124 valence electrons. The molecule has 1 aromatic heterocycles. The number of aryl methyl sites for hydroxylation is 1. The van der Waals surface area contributed by atoms with Gasteiger partial charge in [0.05, 0.1) is 11.5 Å². The third-order valence-electron chi connectivity index (χ3n) is 3.92. The largest absolute Gasteiger partial charge is 0.491 e. The highest BCUT2D eigenvalue weighted by Gasteiger charge is 2.12. The Balaban J connectivity index is 1.98. The summed E-state index contributed by atoms with van der Waals surface area (Å²) in [5.41, 5.74) is 3.01. The van der Waals surface area contributed by atoms with Crippen molar-refractivity contribution >= 4 is 16.6 Å². The van der Waals surface area contributed by atoms with Crippen molar-refractivity contribution in [1.29, 1.82) is 0 Å². The monoisotopic (exact) mass is 326 g/mol. The molecule has 0 spiro atoms. The molecule has 2 aromatic carbocycles. The number of fused-ring (bicyclic) bond motifs is 1. The minimum absolute atomic E-state index is 0.0938. The zero-order valence-electron chi connectivity index (χ0n) is 13.6. The smallest absolute Gasteiger partial charge is 0.270 e. The van der Waals surface area contributed by atoms with Crippen LogP contribution in [-0.2, 0) is 11.8 Å². The van der Waals surface area contributed by atoms with Crippen molar-refractivity contribution in [3.63, 3.8) is 0 Å². The predicted molar refractivity (Wildman–Crippen MR) is 92.4 cm³/mol. The molecule has 3 aromatic rings. The van der Waals surface area contributed by atoms with Crippen LogP contribution >= 0.6 is 0 Å². The average molecular weight is 326 g/mol. The zero-order valence-corrected chi connectivity index (χ0v) is 13.6. The van der Waals surface area contributed by atoms with Crippen LogP contribution in [0.2, 0.25) is 0 Å². The van der Waals surface area contributed by atoms with Crippen LogP contribution in [0.15, 0.2) is 48.5 Å². The number of aromatic nitrogens is 1. The maximum absolute atomic E-state index is 10.9. The van der Waals surface area contributed by atoms with Gasteiger partial charge in [0.25, 0.3) is 5.69 Å². The van der Waals surface area contributed by atoms with E-state index in [0.29, 0.717) is 13.2 Å². The number of nitro benzene ring substituents is 1. The number of non-ortho nitro benzene ring substituents is 1. The molecule has 0 aliphatic carbocycles. The zero-order chi connectivity index (χ0) is 17.1. The number of ether oxygens (including phenoxy) is 2. The van der Waals surface area contributed by atoms with E-state index in [0.717, 1.165) is 27.9 Å². The summed E-state index contributed by atoms with van der Waals surface area (Å²) in [6.45, 7) is 1.02. The normalized spacial score (nSPS) is 10.9. The van der Waals surface area contributed by atoms with E-state index in [1.807, 2.05) is 41.9 Å². The second-order valence-corrected chi connectivity index (χ2v) is 5.46. The van der Waals surface area contributed by atoms with E-state index in [1.165, 1.54) is 6.07 Å². The van der Waals surface area contributed by atoms with Crippen molar-refractivity contribution in [2.24, 2.45) is 7.05 Å². The summed E-state index contributed by atoms with van der Waals surface area (Å²) in [5.74, 6) is 0.765. The van der Waals surface area contributed by atoms with Crippen molar-refractivity contribution in [3.05, 3.63) is 58.6 Å². The van der Waals surface area contributed by atoms with Gasteiger partial charge in [-0.1, -0.05) is 12.1 Å². The first kappa shape index (κ1) is 16.0. The van der Waals surface area contributed by atoms with Gasteiger partial charge in [0.1, 0.15) is 12.4 Å². The lowest BCUT2D eigenvalue weighted by Gasteiger charge is -2.09. The van der Waals surface area contributed by atoms with Crippen molar-refractivity contribution in [2.75, 3.05) is 20.3 Å². The van der Waals surface area contributed by atoms with Crippen LogP contribution in [-0.4, -0.2) is 29.8 Å². The van der Waals surface area contributed by atoms with Gasteiger partial charge in [-0.15, -0.1) is 0 Å². The van der Waals surface area contributed by atoms with Crippen LogP contribution in [0.5, 0.6) is 5.75 Å². The van der Waals surface area contributed by atoms with Crippen LogP contribution in [0.1, 0.15) is 0 Å². The minimum Gasteiger partial charge on any atom is -0.491 e. The van der Waals surface area contributed by atoms with E-state index < -0.39 is 0 Å². The van der Waals surface area contributed by atoms with Crippen LogP contribution in [0.4, 0.5) is 5.69 Å². The molecular weight excluding hydrogens is 308 g/mol. The molecule has 0 saturated heterocycles. The van der Waals surface area contributed by atoms with Gasteiger partial charge in [-0.05, 0) is 24.3 Å². The molecule has 0 unspecified atom stereocenters. The van der Waals surface area contributed by atoms with Crippen molar-refractivity contribution < 1.29 is 14.4 Å². The fourth-order valence-corrected chi connectivity index (χ4v) is 2.72. The predicted octanol–water partition coefficient (Wildman–Crippen LogP) is 3.78. The Bertz CT molecular complexity index is 886. The highest BCUT2D eigenvalue weighted by Crippen LogP contribution is 2.31. The van der Waals surface area contributed by atoms with E-state index in [1.54, 1.807) is 19.2 Å². The molecule has 0 aliphatic rings. The number of nitrogens with zero attached hydrogens (tertiary/aromatic N) is 2. The van der Waals surface area contributed by atoms with E-state index in [4.69, 9.17) is 9.47 Å². The molecule has 0 bridgehead atoms. The quantitative estimate of drug-likeness (QED) is 0.393. The standard InChI is InChI=1S/C18H18N2O4/c1-19-17-7-6-15(20(21)22)10-14(17)12-18(19)13-4-3-5-16(11-13)24-9-8-23-2/h3-7,10-12H,8-9H2,1-2H3. The first-order valence-electron chi connectivity index (χ1n) is 7.56. The lowest BCUT2D eigenvalue weighted by molar-refractivity contribution is -0.384. The highest BCUT2D eigenvalue weighted by molar-refractivity contribution is 5.88. The molecule has 1 heterocycles. The first-order valence-corrected chi connectivity index (χ1v) is 7.56. The SMILES string of the molecule is COCCOc1cccc(-c2cc3cc([N+](=O)[O-])ccc3n2C)c1. The second kappa shape index (κ2) is 6.72. The summed E-state index contributed by atoms with van der Waals surface area (Å²) in [6.07, 6.45) is 0. The average Bonchev–Trinajstić information content (AvgIpc) is 2.92. The van der Waals surface area contributed by atoms with Gasteiger partial charge >= 0.3 is 0 Å². The minimum atomic E-state index is -0.379. The fourth-order valence-electron chi connectivity index (χ4n) is 2.72. The summed E-state index contributed by atoms with van der Waals surface area (Å²) in [4.78, 5) is 10.6. The van der Waals surface area contributed by atoms with E-state index in [9.17, 15) is 10.1 Å². The van der Waals surface area contributed by atoms with Crippen molar-refractivity contribution in [2.45, 2.75) is 0 Å². The van der Waals surface area contributed by atoms with Gasteiger partial charge in [0.15, 0.2) is 0 Å². The van der Waals surface area contributed by atoms with Gasteiger partial charge in [-0.3, -0.25) is 10.1 Å². The Morgan fingerprint density at radius 2 is 1.96 bits per heavy atom. The van der Waals surface area contributed by atoms with E-state index in [-0.39, 0.29) is 10.6 Å². The molecule has 0 fully saturated rings. The van der Waals surface area contributed by atoms with E-state index >= 15 is 0 Å². The van der Waals surface area contributed by atoms with Crippen LogP contribution < -0.4 is 4.74 Å². The Morgan fingerprint density at radius 1 is 1.12 bits per heavy atom. The Labute approximate surface area is 139 Å². The molecule has 0 amide bonds. The maximum atomic E-state index is 10.9. The fraction of sp³-hybridized carbons (Fsp3) is 0.222. The molecule has 0 atom stereocenters. The summed E-state index contributed by atoms with van der Waals surface area (Å²) in [6, 6.07) is 14.6. The van der Waals surface area contributed by atoms with Gasteiger partial charge < -0.3 is 14.0 Å². The van der Waals surface area contributed by atoms with Crippen LogP contribution in [0.3, 0.4) is 0 Å². The lowest BCUT2D eigenvalue weighted by atomic mass is 10.1. The highest BCUT2D eigenvalue weighted by atomic mass is 16.6.